The third-order valence-electron chi connectivity index (χ3n) is 6.26. The molecule has 4 heterocycles. The Labute approximate surface area is 160 Å². The molecule has 2 N–H and O–H groups in total. The summed E-state index contributed by atoms with van der Waals surface area (Å²) in [4.78, 5) is 26.6. The van der Waals surface area contributed by atoms with E-state index in [1.54, 1.807) is 6.20 Å². The summed E-state index contributed by atoms with van der Waals surface area (Å²) < 4.78 is 5.36. The zero-order valence-electron chi connectivity index (χ0n) is 16.0. The summed E-state index contributed by atoms with van der Waals surface area (Å²) in [7, 11) is 0. The van der Waals surface area contributed by atoms with E-state index in [0.29, 0.717) is 13.1 Å². The summed E-state index contributed by atoms with van der Waals surface area (Å²) in [5.41, 5.74) is 0.111. The number of hydrogen-bond acceptors (Lipinski definition) is 6. The highest BCUT2D eigenvalue weighted by Crippen LogP contribution is 2.40. The molecule has 8 heteroatoms. The van der Waals surface area contributed by atoms with E-state index in [-0.39, 0.29) is 17.4 Å². The first-order valence-corrected chi connectivity index (χ1v) is 10.1. The zero-order chi connectivity index (χ0) is 18.7. The topological polar surface area (TPSA) is 84.9 Å². The van der Waals surface area contributed by atoms with E-state index in [1.807, 2.05) is 11.1 Å². The molecular formula is C19H31N5O3. The van der Waals surface area contributed by atoms with E-state index >= 15 is 0 Å². The van der Waals surface area contributed by atoms with Crippen LogP contribution in [0.5, 0.6) is 0 Å². The van der Waals surface area contributed by atoms with Crippen LogP contribution in [0.4, 0.5) is 0 Å². The fourth-order valence-corrected chi connectivity index (χ4v) is 4.83. The summed E-state index contributed by atoms with van der Waals surface area (Å²) in [6.45, 7) is 7.64. The number of aliphatic hydroxyl groups is 1. The Kier molecular flexibility index (Phi) is 5.77. The van der Waals surface area contributed by atoms with Gasteiger partial charge in [-0.25, -0.2) is 4.98 Å². The van der Waals surface area contributed by atoms with Gasteiger partial charge >= 0.3 is 0 Å². The number of carbonyl (C=O) groups excluding carboxylic acids is 1. The average Bonchev–Trinajstić information content (AvgIpc) is 3.15. The highest BCUT2D eigenvalue weighted by atomic mass is 16.5. The molecule has 0 saturated carbocycles. The third kappa shape index (κ3) is 4.68. The van der Waals surface area contributed by atoms with Gasteiger partial charge in [-0.15, -0.1) is 0 Å². The number of carbonyl (C=O) groups is 1. The van der Waals surface area contributed by atoms with Crippen LogP contribution in [0, 0.1) is 5.41 Å². The maximum absolute atomic E-state index is 12.6. The molecule has 27 heavy (non-hydrogen) atoms. The molecule has 1 amide bonds. The lowest BCUT2D eigenvalue weighted by Crippen LogP contribution is -2.55. The van der Waals surface area contributed by atoms with Gasteiger partial charge < -0.3 is 19.7 Å². The Morgan fingerprint density at radius 2 is 2.04 bits per heavy atom. The van der Waals surface area contributed by atoms with Crippen LogP contribution in [-0.4, -0.2) is 101 Å². The van der Waals surface area contributed by atoms with E-state index in [1.165, 1.54) is 0 Å². The number of aromatic nitrogens is 2. The monoisotopic (exact) mass is 377 g/mol. The second kappa shape index (κ2) is 8.26. The van der Waals surface area contributed by atoms with Gasteiger partial charge in [0.1, 0.15) is 5.82 Å². The average molecular weight is 377 g/mol. The van der Waals surface area contributed by atoms with Crippen LogP contribution >= 0.6 is 0 Å². The molecule has 4 rings (SSSR count). The lowest BCUT2D eigenvalue weighted by atomic mass is 9.71. The largest absolute Gasteiger partial charge is 0.392 e. The molecule has 8 nitrogen and oxygen atoms in total. The number of β-amino-alcohol motifs (C(OH)–C–C–N with tert-alkyl or cyclic N) is 1. The maximum atomic E-state index is 12.6. The van der Waals surface area contributed by atoms with Crippen molar-refractivity contribution < 1.29 is 14.6 Å². The third-order valence-corrected chi connectivity index (χ3v) is 6.26. The smallest absolute Gasteiger partial charge is 0.236 e. The van der Waals surface area contributed by atoms with Crippen LogP contribution in [0.2, 0.25) is 0 Å². The van der Waals surface area contributed by atoms with Gasteiger partial charge in [-0.3, -0.25) is 14.6 Å². The molecule has 1 aromatic heterocycles. The number of nitrogens with zero attached hydrogens (tertiary/aromatic N) is 4. The molecule has 0 aliphatic carbocycles. The Morgan fingerprint density at radius 1 is 1.26 bits per heavy atom. The van der Waals surface area contributed by atoms with E-state index < -0.39 is 0 Å². The molecule has 1 unspecified atom stereocenters. The number of ether oxygens (including phenoxy) is 1. The molecule has 1 aromatic rings. The number of aliphatic hydroxyl groups excluding tert-OH is 1. The number of aromatic amines is 1. The molecular weight excluding hydrogens is 346 g/mol. The van der Waals surface area contributed by atoms with Gasteiger partial charge in [0.25, 0.3) is 0 Å². The van der Waals surface area contributed by atoms with Crippen molar-refractivity contribution in [2.75, 3.05) is 59.0 Å². The van der Waals surface area contributed by atoms with Crippen molar-refractivity contribution in [3.63, 3.8) is 0 Å². The van der Waals surface area contributed by atoms with Crippen molar-refractivity contribution in [1.82, 2.24) is 24.7 Å². The quantitative estimate of drug-likeness (QED) is 0.763. The van der Waals surface area contributed by atoms with Gasteiger partial charge in [-0.1, -0.05) is 0 Å². The van der Waals surface area contributed by atoms with Crippen molar-refractivity contribution in [2.45, 2.75) is 31.9 Å². The summed E-state index contributed by atoms with van der Waals surface area (Å²) >= 11 is 0. The van der Waals surface area contributed by atoms with E-state index in [2.05, 4.69) is 19.8 Å². The van der Waals surface area contributed by atoms with Crippen molar-refractivity contribution in [3.8, 4) is 0 Å². The molecule has 3 aliphatic heterocycles. The number of hydrogen-bond donors (Lipinski definition) is 2. The molecule has 1 spiro atoms. The number of H-pyrrole nitrogens is 1. The highest BCUT2D eigenvalue weighted by molar-refractivity contribution is 5.78. The van der Waals surface area contributed by atoms with E-state index in [9.17, 15) is 9.90 Å². The summed E-state index contributed by atoms with van der Waals surface area (Å²) in [5.74, 6) is 1.17. The Bertz CT molecular complexity index is 609. The van der Waals surface area contributed by atoms with Gasteiger partial charge in [0.05, 0.1) is 32.4 Å². The lowest BCUT2D eigenvalue weighted by Gasteiger charge is -2.49. The van der Waals surface area contributed by atoms with Gasteiger partial charge in [0, 0.05) is 51.7 Å². The number of nitrogens with one attached hydrogen (secondary N) is 1. The molecule has 1 atom stereocenters. The van der Waals surface area contributed by atoms with Gasteiger partial charge in [0.15, 0.2) is 0 Å². The predicted molar refractivity (Wildman–Crippen MR) is 100.0 cm³/mol. The van der Waals surface area contributed by atoms with Crippen LogP contribution in [-0.2, 0) is 16.1 Å². The first-order valence-electron chi connectivity index (χ1n) is 10.1. The van der Waals surface area contributed by atoms with Crippen LogP contribution in [0.3, 0.4) is 0 Å². The minimum Gasteiger partial charge on any atom is -0.392 e. The van der Waals surface area contributed by atoms with Crippen LogP contribution < -0.4 is 0 Å². The van der Waals surface area contributed by atoms with Crippen molar-refractivity contribution in [3.05, 3.63) is 18.2 Å². The van der Waals surface area contributed by atoms with Gasteiger partial charge in [0.2, 0.25) is 5.91 Å². The SMILES string of the molecule is O=C(CN1CCOCC1)N1CCC2(CC1)CC(O)CN(Cc1ncc[nH]1)C2. The molecule has 3 aliphatic rings. The van der Waals surface area contributed by atoms with Crippen LogP contribution in [0.25, 0.3) is 0 Å². The molecule has 3 fully saturated rings. The Morgan fingerprint density at radius 3 is 2.74 bits per heavy atom. The number of piperidine rings is 2. The van der Waals surface area contributed by atoms with Crippen molar-refractivity contribution in [1.29, 1.82) is 0 Å². The van der Waals surface area contributed by atoms with Crippen LogP contribution in [0.15, 0.2) is 12.4 Å². The first-order chi connectivity index (χ1) is 13.1. The number of imidazole rings is 1. The number of rotatable bonds is 4. The highest BCUT2D eigenvalue weighted by Gasteiger charge is 2.42. The van der Waals surface area contributed by atoms with Crippen molar-refractivity contribution in [2.24, 2.45) is 5.41 Å². The molecule has 150 valence electrons. The zero-order valence-corrected chi connectivity index (χ0v) is 16.0. The number of likely N-dealkylation sites (tertiary alicyclic amines) is 2. The summed E-state index contributed by atoms with van der Waals surface area (Å²) in [6.07, 6.45) is 6.08. The van der Waals surface area contributed by atoms with E-state index in [4.69, 9.17) is 4.74 Å². The molecule has 3 saturated heterocycles. The minimum absolute atomic E-state index is 0.111. The van der Waals surface area contributed by atoms with Gasteiger partial charge in [-0.05, 0) is 24.7 Å². The fourth-order valence-electron chi connectivity index (χ4n) is 4.83. The predicted octanol–water partition coefficient (Wildman–Crippen LogP) is -0.0827. The summed E-state index contributed by atoms with van der Waals surface area (Å²) in [5, 5.41) is 10.4. The standard InChI is InChI=1S/C19H31N5O3/c25-16-11-19(15-23(12-16)13-17-20-3-4-21-17)1-5-24(6-2-19)18(26)14-22-7-9-27-10-8-22/h3-4,16,25H,1-2,5-15H2,(H,20,21). The lowest BCUT2D eigenvalue weighted by molar-refractivity contribution is -0.137. The normalized spacial score (nSPS) is 27.1. The molecule has 0 aromatic carbocycles. The van der Waals surface area contributed by atoms with Gasteiger partial charge in [-0.2, -0.15) is 0 Å². The first kappa shape index (κ1) is 18.9. The minimum atomic E-state index is -0.302. The molecule has 0 radical (unpaired) electrons. The fraction of sp³-hybridized carbons (Fsp3) is 0.789. The Balaban J connectivity index is 1.30. The summed E-state index contributed by atoms with van der Waals surface area (Å²) in [6, 6.07) is 0. The second-order valence-electron chi connectivity index (χ2n) is 8.33. The molecule has 0 bridgehead atoms. The number of morpholine rings is 1. The van der Waals surface area contributed by atoms with Crippen molar-refractivity contribution >= 4 is 5.91 Å². The maximum Gasteiger partial charge on any atom is 0.236 e. The second-order valence-corrected chi connectivity index (χ2v) is 8.33. The van der Waals surface area contributed by atoms with E-state index in [0.717, 1.165) is 77.6 Å². The Hall–Kier alpha value is -1.48. The van der Waals surface area contributed by atoms with Crippen LogP contribution in [0.1, 0.15) is 25.1 Å². The number of amides is 1.